The topological polar surface area (TPSA) is 56.3 Å². The number of fused-ring (bicyclic) bond motifs is 1. The number of carbonyl (C=O) groups excluding carboxylic acids is 2. The van der Waals surface area contributed by atoms with Crippen LogP contribution in [0.25, 0.3) is 0 Å². The fourth-order valence-electron chi connectivity index (χ4n) is 4.46. The second-order valence-corrected chi connectivity index (χ2v) is 8.14. The van der Waals surface area contributed by atoms with E-state index in [-0.39, 0.29) is 18.0 Å². The zero-order valence-electron chi connectivity index (χ0n) is 16.8. The highest BCUT2D eigenvalue weighted by molar-refractivity contribution is 5.77. The molecule has 3 amide bonds. The molecule has 2 fully saturated rings. The van der Waals surface area contributed by atoms with Crippen molar-refractivity contribution in [1.29, 1.82) is 0 Å². The van der Waals surface area contributed by atoms with E-state index in [1.807, 2.05) is 23.9 Å². The minimum Gasteiger partial charge on any atom is -0.378 e. The third-order valence-corrected chi connectivity index (χ3v) is 6.20. The zero-order chi connectivity index (χ0) is 19.7. The zero-order valence-corrected chi connectivity index (χ0v) is 16.8. The Bertz CT molecular complexity index is 726. The summed E-state index contributed by atoms with van der Waals surface area (Å²) in [6.07, 6.45) is 1.48. The molecule has 3 aliphatic heterocycles. The number of hydrogen-bond donors (Lipinski definition) is 0. The van der Waals surface area contributed by atoms with Gasteiger partial charge in [0, 0.05) is 65.3 Å². The highest BCUT2D eigenvalue weighted by Crippen LogP contribution is 2.36. The van der Waals surface area contributed by atoms with Crippen molar-refractivity contribution in [2.45, 2.75) is 24.9 Å². The summed E-state index contributed by atoms with van der Waals surface area (Å²) in [7, 11) is 3.63. The molecular formula is C21H30N4O3. The molecule has 4 rings (SSSR count). The van der Waals surface area contributed by atoms with Crippen LogP contribution >= 0.6 is 0 Å². The molecule has 0 N–H and O–H groups in total. The van der Waals surface area contributed by atoms with Crippen LogP contribution in [0.15, 0.2) is 24.3 Å². The molecule has 1 aromatic carbocycles. The molecule has 0 saturated carbocycles. The minimum absolute atomic E-state index is 0.0884. The van der Waals surface area contributed by atoms with Gasteiger partial charge in [0.2, 0.25) is 5.91 Å². The normalized spacial score (nSPS) is 23.1. The molecule has 1 unspecified atom stereocenters. The molecule has 0 aromatic heterocycles. The van der Waals surface area contributed by atoms with Crippen LogP contribution in [-0.4, -0.2) is 97.6 Å². The first-order valence-corrected chi connectivity index (χ1v) is 10.2. The first-order valence-electron chi connectivity index (χ1n) is 10.2. The van der Waals surface area contributed by atoms with E-state index >= 15 is 0 Å². The van der Waals surface area contributed by atoms with E-state index in [0.717, 1.165) is 26.1 Å². The van der Waals surface area contributed by atoms with Gasteiger partial charge in [0.25, 0.3) is 0 Å². The van der Waals surface area contributed by atoms with Crippen LogP contribution in [0.4, 0.5) is 4.79 Å². The maximum absolute atomic E-state index is 12.7. The van der Waals surface area contributed by atoms with Crippen LogP contribution in [-0.2, 0) is 16.0 Å². The first kappa shape index (κ1) is 19.2. The maximum Gasteiger partial charge on any atom is 0.320 e. The lowest BCUT2D eigenvalue weighted by Crippen LogP contribution is -2.65. The molecule has 0 spiro atoms. The third-order valence-electron chi connectivity index (χ3n) is 6.20. The SMILES string of the molecule is CN(C)C(=O)CC1c2ccccc2CCN1C1CN(C(=O)N2CCOCC2)C1. The molecule has 0 aliphatic carbocycles. The van der Waals surface area contributed by atoms with Gasteiger partial charge < -0.3 is 19.4 Å². The average molecular weight is 386 g/mol. The van der Waals surface area contributed by atoms with E-state index in [4.69, 9.17) is 4.74 Å². The van der Waals surface area contributed by atoms with Crippen molar-refractivity contribution < 1.29 is 14.3 Å². The summed E-state index contributed by atoms with van der Waals surface area (Å²) in [4.78, 5) is 33.1. The van der Waals surface area contributed by atoms with Crippen molar-refractivity contribution in [3.63, 3.8) is 0 Å². The van der Waals surface area contributed by atoms with E-state index in [1.54, 1.807) is 4.90 Å². The van der Waals surface area contributed by atoms with Crippen molar-refractivity contribution in [1.82, 2.24) is 19.6 Å². The van der Waals surface area contributed by atoms with Crippen LogP contribution in [0.2, 0.25) is 0 Å². The van der Waals surface area contributed by atoms with Gasteiger partial charge >= 0.3 is 6.03 Å². The first-order chi connectivity index (χ1) is 13.5. The Balaban J connectivity index is 1.44. The second kappa shape index (κ2) is 8.09. The van der Waals surface area contributed by atoms with Crippen LogP contribution in [0.3, 0.4) is 0 Å². The smallest absolute Gasteiger partial charge is 0.320 e. The van der Waals surface area contributed by atoms with Crippen LogP contribution < -0.4 is 0 Å². The van der Waals surface area contributed by atoms with Crippen molar-refractivity contribution in [3.05, 3.63) is 35.4 Å². The lowest BCUT2D eigenvalue weighted by Gasteiger charge is -2.51. The molecule has 1 atom stereocenters. The predicted octanol–water partition coefficient (Wildman–Crippen LogP) is 1.20. The van der Waals surface area contributed by atoms with Crippen molar-refractivity contribution in [3.8, 4) is 0 Å². The van der Waals surface area contributed by atoms with Crippen molar-refractivity contribution in [2.24, 2.45) is 0 Å². The van der Waals surface area contributed by atoms with Gasteiger partial charge in [0.15, 0.2) is 0 Å². The number of urea groups is 1. The Kier molecular flexibility index (Phi) is 5.55. The lowest BCUT2D eigenvalue weighted by atomic mass is 9.88. The Morgan fingerprint density at radius 3 is 2.50 bits per heavy atom. The van der Waals surface area contributed by atoms with E-state index in [9.17, 15) is 9.59 Å². The standard InChI is InChI=1S/C21H30N4O3/c1-22(2)20(26)13-19-18-6-4-3-5-16(18)7-8-25(19)17-14-24(15-17)21(27)23-9-11-28-12-10-23/h3-6,17,19H,7-15H2,1-2H3. The summed E-state index contributed by atoms with van der Waals surface area (Å²) in [5, 5.41) is 0. The van der Waals surface area contributed by atoms with Gasteiger partial charge in [-0.2, -0.15) is 0 Å². The quantitative estimate of drug-likeness (QED) is 0.783. The summed E-state index contributed by atoms with van der Waals surface area (Å²) < 4.78 is 5.34. The molecule has 152 valence electrons. The molecule has 0 bridgehead atoms. The number of hydrogen-bond acceptors (Lipinski definition) is 4. The van der Waals surface area contributed by atoms with Crippen molar-refractivity contribution in [2.75, 3.05) is 60.0 Å². The van der Waals surface area contributed by atoms with Gasteiger partial charge in [0.1, 0.15) is 0 Å². The van der Waals surface area contributed by atoms with Crippen LogP contribution in [0.1, 0.15) is 23.6 Å². The van der Waals surface area contributed by atoms with E-state index in [0.29, 0.717) is 38.8 Å². The number of ether oxygens (including phenoxy) is 1. The Labute approximate surface area is 166 Å². The largest absolute Gasteiger partial charge is 0.378 e. The monoisotopic (exact) mass is 386 g/mol. The summed E-state index contributed by atoms with van der Waals surface area (Å²) in [6.45, 7) is 5.03. The van der Waals surface area contributed by atoms with Gasteiger partial charge in [0.05, 0.1) is 13.2 Å². The second-order valence-electron chi connectivity index (χ2n) is 8.14. The van der Waals surface area contributed by atoms with Gasteiger partial charge in [-0.1, -0.05) is 24.3 Å². The highest BCUT2D eigenvalue weighted by atomic mass is 16.5. The highest BCUT2D eigenvalue weighted by Gasteiger charge is 2.42. The molecule has 1 aromatic rings. The predicted molar refractivity (Wildman–Crippen MR) is 106 cm³/mol. The molecule has 7 nitrogen and oxygen atoms in total. The van der Waals surface area contributed by atoms with Crippen molar-refractivity contribution >= 4 is 11.9 Å². The Morgan fingerprint density at radius 2 is 1.79 bits per heavy atom. The van der Waals surface area contributed by atoms with Crippen LogP contribution in [0, 0.1) is 0 Å². The van der Waals surface area contributed by atoms with E-state index in [1.165, 1.54) is 11.1 Å². The summed E-state index contributed by atoms with van der Waals surface area (Å²) in [5.74, 6) is 0.146. The number of nitrogens with zero attached hydrogens (tertiary/aromatic N) is 4. The number of carbonyl (C=O) groups is 2. The van der Waals surface area contributed by atoms with E-state index < -0.39 is 0 Å². The van der Waals surface area contributed by atoms with Gasteiger partial charge in [-0.3, -0.25) is 9.69 Å². The molecule has 28 heavy (non-hydrogen) atoms. The molecule has 3 aliphatic rings. The number of likely N-dealkylation sites (tertiary alicyclic amines) is 1. The lowest BCUT2D eigenvalue weighted by molar-refractivity contribution is -0.130. The molecule has 7 heteroatoms. The molecule has 3 heterocycles. The van der Waals surface area contributed by atoms with Gasteiger partial charge in [-0.25, -0.2) is 4.79 Å². The van der Waals surface area contributed by atoms with Gasteiger partial charge in [-0.15, -0.1) is 0 Å². The number of benzene rings is 1. The number of amides is 3. The molecule has 2 saturated heterocycles. The summed E-state index contributed by atoms with van der Waals surface area (Å²) >= 11 is 0. The fourth-order valence-corrected chi connectivity index (χ4v) is 4.46. The maximum atomic E-state index is 12.7. The summed E-state index contributed by atoms with van der Waals surface area (Å²) in [6, 6.07) is 9.00. The third kappa shape index (κ3) is 3.73. The summed E-state index contributed by atoms with van der Waals surface area (Å²) in [5.41, 5.74) is 2.61. The Hall–Kier alpha value is -2.12. The molecule has 0 radical (unpaired) electrons. The number of morpholine rings is 1. The average Bonchev–Trinajstić information content (AvgIpc) is 2.68. The minimum atomic E-state index is 0.0884. The molecular weight excluding hydrogens is 356 g/mol. The van der Waals surface area contributed by atoms with Gasteiger partial charge in [-0.05, 0) is 17.5 Å². The Morgan fingerprint density at radius 1 is 1.07 bits per heavy atom. The van der Waals surface area contributed by atoms with E-state index in [2.05, 4.69) is 29.2 Å². The van der Waals surface area contributed by atoms with Crippen LogP contribution in [0.5, 0.6) is 0 Å². The number of rotatable bonds is 3. The fraction of sp³-hybridized carbons (Fsp3) is 0.619.